The first-order valence-electron chi connectivity index (χ1n) is 6.53. The molecule has 4 nitrogen and oxygen atoms in total. The molecule has 0 radical (unpaired) electrons. The minimum Gasteiger partial charge on any atom is -0.301 e. The fourth-order valence-corrected chi connectivity index (χ4v) is 2.87. The summed E-state index contributed by atoms with van der Waals surface area (Å²) in [4.78, 5) is 19.7. The zero-order chi connectivity index (χ0) is 13.1. The maximum absolute atomic E-state index is 12.1. The molecule has 1 N–H and O–H groups in total. The van der Waals surface area contributed by atoms with Crippen LogP contribution in [0.4, 0.5) is 5.13 Å². The second kappa shape index (κ2) is 5.80. The van der Waals surface area contributed by atoms with Gasteiger partial charge in [0.1, 0.15) is 0 Å². The molecule has 1 saturated heterocycles. The highest BCUT2D eigenvalue weighted by molar-refractivity contribution is 7.15. The van der Waals surface area contributed by atoms with E-state index >= 15 is 0 Å². The van der Waals surface area contributed by atoms with Crippen molar-refractivity contribution >= 4 is 22.4 Å². The molecular formula is C13H21N3OS. The van der Waals surface area contributed by atoms with Gasteiger partial charge in [0.05, 0.1) is 6.04 Å². The summed E-state index contributed by atoms with van der Waals surface area (Å²) >= 11 is 1.52. The number of nitrogens with one attached hydrogen (secondary N) is 1. The summed E-state index contributed by atoms with van der Waals surface area (Å²) in [5.74, 6) is 0.844. The number of nitrogens with zero attached hydrogens (tertiary/aromatic N) is 2. The number of hydrogen-bond donors (Lipinski definition) is 1. The van der Waals surface area contributed by atoms with Crippen LogP contribution in [-0.2, 0) is 4.79 Å². The number of likely N-dealkylation sites (tertiary alicyclic amines) is 1. The molecule has 1 aliphatic rings. The summed E-state index contributed by atoms with van der Waals surface area (Å²) in [5, 5.41) is 3.60. The third-order valence-electron chi connectivity index (χ3n) is 3.60. The second-order valence-corrected chi connectivity index (χ2v) is 6.39. The van der Waals surface area contributed by atoms with Crippen LogP contribution in [0.1, 0.15) is 31.6 Å². The molecule has 100 valence electrons. The number of anilines is 1. The van der Waals surface area contributed by atoms with Crippen molar-refractivity contribution < 1.29 is 4.79 Å². The highest BCUT2D eigenvalue weighted by atomic mass is 32.1. The Bertz CT molecular complexity index is 410. The van der Waals surface area contributed by atoms with E-state index in [2.05, 4.69) is 22.1 Å². The zero-order valence-electron chi connectivity index (χ0n) is 11.3. The van der Waals surface area contributed by atoms with E-state index in [1.54, 1.807) is 6.20 Å². The molecule has 5 heteroatoms. The minimum atomic E-state index is -0.0679. The minimum absolute atomic E-state index is 0.0545. The van der Waals surface area contributed by atoms with Crippen LogP contribution in [0.3, 0.4) is 0 Å². The van der Waals surface area contributed by atoms with Crippen molar-refractivity contribution in [3.63, 3.8) is 0 Å². The summed E-state index contributed by atoms with van der Waals surface area (Å²) in [5.41, 5.74) is 0. The van der Waals surface area contributed by atoms with E-state index in [4.69, 9.17) is 0 Å². The number of carbonyl (C=O) groups excluding carboxylic acids is 1. The molecule has 0 aliphatic carbocycles. The van der Waals surface area contributed by atoms with Gasteiger partial charge in [-0.25, -0.2) is 4.98 Å². The number of hydrogen-bond acceptors (Lipinski definition) is 4. The highest BCUT2D eigenvalue weighted by Gasteiger charge is 2.25. The van der Waals surface area contributed by atoms with Gasteiger partial charge in [-0.1, -0.05) is 6.92 Å². The van der Waals surface area contributed by atoms with Gasteiger partial charge in [0.15, 0.2) is 5.13 Å². The van der Waals surface area contributed by atoms with Crippen molar-refractivity contribution in [3.05, 3.63) is 11.1 Å². The van der Waals surface area contributed by atoms with Crippen LogP contribution in [0.2, 0.25) is 0 Å². The summed E-state index contributed by atoms with van der Waals surface area (Å²) < 4.78 is 0. The van der Waals surface area contributed by atoms with Gasteiger partial charge in [0.2, 0.25) is 5.91 Å². The lowest BCUT2D eigenvalue weighted by atomic mass is 9.98. The van der Waals surface area contributed by atoms with Gasteiger partial charge in [-0.3, -0.25) is 9.69 Å². The molecule has 1 atom stereocenters. The van der Waals surface area contributed by atoms with Crippen LogP contribution in [-0.4, -0.2) is 34.9 Å². The Morgan fingerprint density at radius 1 is 1.56 bits per heavy atom. The standard InChI is InChI=1S/C13H21N3OS/c1-9-4-6-16(7-5-9)11(3)12(17)15-13-14-8-10(2)18-13/h8-9,11H,4-7H2,1-3H3,(H,14,15,17). The van der Waals surface area contributed by atoms with Crippen molar-refractivity contribution in [2.45, 2.75) is 39.7 Å². The number of amides is 1. The number of piperidine rings is 1. The highest BCUT2D eigenvalue weighted by Crippen LogP contribution is 2.20. The lowest BCUT2D eigenvalue weighted by Gasteiger charge is -2.33. The van der Waals surface area contributed by atoms with E-state index in [1.165, 1.54) is 24.2 Å². The van der Waals surface area contributed by atoms with Gasteiger partial charge in [-0.15, -0.1) is 11.3 Å². The molecule has 1 aromatic heterocycles. The zero-order valence-corrected chi connectivity index (χ0v) is 12.1. The molecule has 0 saturated carbocycles. The van der Waals surface area contributed by atoms with Gasteiger partial charge >= 0.3 is 0 Å². The smallest absolute Gasteiger partial charge is 0.243 e. The maximum atomic E-state index is 12.1. The molecule has 0 spiro atoms. The van der Waals surface area contributed by atoms with Crippen molar-refractivity contribution in [3.8, 4) is 0 Å². The van der Waals surface area contributed by atoms with Crippen LogP contribution in [0.25, 0.3) is 0 Å². The first-order valence-corrected chi connectivity index (χ1v) is 7.35. The fraction of sp³-hybridized carbons (Fsp3) is 0.692. The van der Waals surface area contributed by atoms with Crippen LogP contribution < -0.4 is 5.32 Å². The molecule has 1 unspecified atom stereocenters. The number of thiazole rings is 1. The lowest BCUT2D eigenvalue weighted by Crippen LogP contribution is -2.45. The molecule has 1 fully saturated rings. The van der Waals surface area contributed by atoms with Gasteiger partial charge in [-0.05, 0) is 45.7 Å². The average Bonchev–Trinajstić information content (AvgIpc) is 2.75. The maximum Gasteiger partial charge on any atom is 0.243 e. The van der Waals surface area contributed by atoms with Crippen LogP contribution >= 0.6 is 11.3 Å². The van der Waals surface area contributed by atoms with Gasteiger partial charge in [-0.2, -0.15) is 0 Å². The van der Waals surface area contributed by atoms with Crippen molar-refractivity contribution in [1.82, 2.24) is 9.88 Å². The van der Waals surface area contributed by atoms with Crippen molar-refractivity contribution in [1.29, 1.82) is 0 Å². The molecule has 0 aromatic carbocycles. The van der Waals surface area contributed by atoms with Gasteiger partial charge in [0, 0.05) is 11.1 Å². The molecular weight excluding hydrogens is 246 g/mol. The summed E-state index contributed by atoms with van der Waals surface area (Å²) in [6, 6.07) is -0.0679. The third kappa shape index (κ3) is 3.29. The SMILES string of the molecule is Cc1cnc(NC(=O)C(C)N2CCC(C)CC2)s1. The van der Waals surface area contributed by atoms with E-state index in [0.717, 1.165) is 23.9 Å². The van der Waals surface area contributed by atoms with Gasteiger partial charge < -0.3 is 5.32 Å². The molecule has 0 bridgehead atoms. The first-order chi connectivity index (χ1) is 8.56. The van der Waals surface area contributed by atoms with Gasteiger partial charge in [0.25, 0.3) is 0 Å². The molecule has 1 aromatic rings. The summed E-state index contributed by atoms with van der Waals surface area (Å²) in [6.07, 6.45) is 4.16. The van der Waals surface area contributed by atoms with E-state index in [-0.39, 0.29) is 11.9 Å². The fourth-order valence-electron chi connectivity index (χ4n) is 2.20. The first kappa shape index (κ1) is 13.5. The Balaban J connectivity index is 1.88. The number of aryl methyl sites for hydroxylation is 1. The third-order valence-corrected chi connectivity index (χ3v) is 4.42. The predicted molar refractivity (Wildman–Crippen MR) is 74.9 cm³/mol. The van der Waals surface area contributed by atoms with Crippen LogP contribution in [0.15, 0.2) is 6.20 Å². The largest absolute Gasteiger partial charge is 0.301 e. The average molecular weight is 267 g/mol. The lowest BCUT2D eigenvalue weighted by molar-refractivity contribution is -0.121. The Morgan fingerprint density at radius 2 is 2.22 bits per heavy atom. The number of carbonyl (C=O) groups is 1. The molecule has 1 amide bonds. The molecule has 18 heavy (non-hydrogen) atoms. The normalized spacial score (nSPS) is 19.7. The van der Waals surface area contributed by atoms with Crippen molar-refractivity contribution in [2.75, 3.05) is 18.4 Å². The van der Waals surface area contributed by atoms with E-state index in [0.29, 0.717) is 5.13 Å². The number of aromatic nitrogens is 1. The molecule has 1 aliphatic heterocycles. The Labute approximate surface area is 112 Å². The Hall–Kier alpha value is -0.940. The summed E-state index contributed by atoms with van der Waals surface area (Å²) in [7, 11) is 0. The predicted octanol–water partition coefficient (Wildman–Crippen LogP) is 2.51. The Morgan fingerprint density at radius 3 is 2.78 bits per heavy atom. The monoisotopic (exact) mass is 267 g/mol. The van der Waals surface area contributed by atoms with Crippen molar-refractivity contribution in [2.24, 2.45) is 5.92 Å². The number of rotatable bonds is 3. The van der Waals surface area contributed by atoms with E-state index in [1.807, 2.05) is 13.8 Å². The Kier molecular flexibility index (Phi) is 4.35. The second-order valence-electron chi connectivity index (χ2n) is 5.16. The van der Waals surface area contributed by atoms with Crippen LogP contribution in [0, 0.1) is 12.8 Å². The van der Waals surface area contributed by atoms with E-state index in [9.17, 15) is 4.79 Å². The molecule has 2 rings (SSSR count). The summed E-state index contributed by atoms with van der Waals surface area (Å²) in [6.45, 7) is 8.29. The van der Waals surface area contributed by atoms with Crippen LogP contribution in [0.5, 0.6) is 0 Å². The topological polar surface area (TPSA) is 45.2 Å². The quantitative estimate of drug-likeness (QED) is 0.915. The molecule has 2 heterocycles. The van der Waals surface area contributed by atoms with E-state index < -0.39 is 0 Å².